The molecule has 0 saturated heterocycles. The zero-order chi connectivity index (χ0) is 19.2. The van der Waals surface area contributed by atoms with Gasteiger partial charge in [-0.05, 0) is 38.0 Å². The number of hydrogen-bond donors (Lipinski definition) is 1. The molecule has 26 heavy (non-hydrogen) atoms. The van der Waals surface area contributed by atoms with Gasteiger partial charge in [-0.25, -0.2) is 14.3 Å². The minimum atomic E-state index is -4.18. The van der Waals surface area contributed by atoms with Crippen molar-refractivity contribution in [1.29, 1.82) is 0 Å². The van der Waals surface area contributed by atoms with Gasteiger partial charge in [-0.3, -0.25) is 4.31 Å². The molecule has 2 heterocycles. The normalized spacial score (nSPS) is 11.7. The first-order valence-corrected chi connectivity index (χ1v) is 9.09. The van der Waals surface area contributed by atoms with Gasteiger partial charge < -0.3 is 5.11 Å². The van der Waals surface area contributed by atoms with Crippen molar-refractivity contribution in [3.05, 3.63) is 46.8 Å². The minimum Gasteiger partial charge on any atom is -0.478 e. The molecule has 0 unspecified atom stereocenters. The van der Waals surface area contributed by atoms with Gasteiger partial charge in [-0.2, -0.15) is 13.4 Å². The van der Waals surface area contributed by atoms with E-state index in [1.807, 2.05) is 0 Å². The molecule has 0 fully saturated rings. The SMILES string of the molecule is Cc1ccc(C)c(N(C)S(=O)(=O)c2nc3nccc(C)n3n2)c1C(=O)O. The second kappa shape index (κ2) is 6.06. The number of fused-ring (bicyclic) bond motifs is 1. The largest absolute Gasteiger partial charge is 0.478 e. The number of benzene rings is 1. The second-order valence-corrected chi connectivity index (χ2v) is 7.76. The molecule has 2 aromatic heterocycles. The van der Waals surface area contributed by atoms with Gasteiger partial charge in [-0.15, -0.1) is 5.10 Å². The molecule has 0 bridgehead atoms. The molecule has 9 nitrogen and oxygen atoms in total. The summed E-state index contributed by atoms with van der Waals surface area (Å²) in [4.78, 5) is 19.7. The summed E-state index contributed by atoms with van der Waals surface area (Å²) in [7, 11) is -2.89. The fourth-order valence-corrected chi connectivity index (χ4v) is 3.81. The molecule has 0 saturated carbocycles. The standard InChI is InChI=1S/C16H17N5O4S/c1-9-5-6-10(2)13(12(9)14(22)23)20(4)26(24,25)16-18-15-17-8-7-11(3)21(15)19-16/h5-8H,1-4H3,(H,22,23). The summed E-state index contributed by atoms with van der Waals surface area (Å²) < 4.78 is 28.3. The average molecular weight is 375 g/mol. The number of carbonyl (C=O) groups is 1. The molecule has 0 amide bonds. The van der Waals surface area contributed by atoms with Crippen LogP contribution in [0.5, 0.6) is 0 Å². The molecule has 10 heteroatoms. The van der Waals surface area contributed by atoms with Gasteiger partial charge in [0, 0.05) is 18.9 Å². The van der Waals surface area contributed by atoms with Crippen LogP contribution in [0.4, 0.5) is 5.69 Å². The van der Waals surface area contributed by atoms with Crippen LogP contribution in [0, 0.1) is 20.8 Å². The summed E-state index contributed by atoms with van der Waals surface area (Å²) in [5.74, 6) is -1.06. The van der Waals surface area contributed by atoms with Crippen LogP contribution in [-0.2, 0) is 10.0 Å². The Kier molecular flexibility index (Phi) is 4.15. The average Bonchev–Trinajstić information content (AvgIpc) is 3.02. The number of carboxylic acids is 1. The zero-order valence-electron chi connectivity index (χ0n) is 14.6. The quantitative estimate of drug-likeness (QED) is 0.735. The molecule has 0 aliphatic rings. The molecule has 0 aliphatic heterocycles. The molecule has 0 aliphatic carbocycles. The number of rotatable bonds is 4. The third-order valence-electron chi connectivity index (χ3n) is 4.12. The summed E-state index contributed by atoms with van der Waals surface area (Å²) >= 11 is 0. The Balaban J connectivity index is 2.20. The van der Waals surface area contributed by atoms with Crippen LogP contribution in [-0.4, -0.2) is 46.1 Å². The van der Waals surface area contributed by atoms with E-state index in [-0.39, 0.29) is 17.0 Å². The molecular weight excluding hydrogens is 358 g/mol. The van der Waals surface area contributed by atoms with Crippen molar-refractivity contribution in [2.24, 2.45) is 0 Å². The van der Waals surface area contributed by atoms with Crippen LogP contribution in [0.15, 0.2) is 29.6 Å². The molecule has 0 radical (unpaired) electrons. The van der Waals surface area contributed by atoms with Gasteiger partial charge in [0.15, 0.2) is 0 Å². The molecule has 1 aromatic carbocycles. The van der Waals surface area contributed by atoms with E-state index in [9.17, 15) is 18.3 Å². The third-order valence-corrected chi connectivity index (χ3v) is 5.66. The van der Waals surface area contributed by atoms with Crippen molar-refractivity contribution < 1.29 is 18.3 Å². The van der Waals surface area contributed by atoms with Crippen molar-refractivity contribution in [3.8, 4) is 0 Å². The number of anilines is 1. The maximum Gasteiger partial charge on any atom is 0.338 e. The number of aryl methyl sites for hydroxylation is 3. The van der Waals surface area contributed by atoms with Crippen molar-refractivity contribution in [2.75, 3.05) is 11.4 Å². The highest BCUT2D eigenvalue weighted by Crippen LogP contribution is 2.30. The van der Waals surface area contributed by atoms with Gasteiger partial charge >= 0.3 is 16.0 Å². The Morgan fingerprint density at radius 1 is 1.15 bits per heavy atom. The topological polar surface area (TPSA) is 118 Å². The lowest BCUT2D eigenvalue weighted by Crippen LogP contribution is -2.30. The number of nitrogens with zero attached hydrogens (tertiary/aromatic N) is 5. The molecule has 1 N–H and O–H groups in total. The van der Waals surface area contributed by atoms with E-state index in [1.54, 1.807) is 39.0 Å². The smallest absolute Gasteiger partial charge is 0.338 e. The predicted octanol–water partition coefficient (Wildman–Crippen LogP) is 1.57. The maximum absolute atomic E-state index is 13.0. The van der Waals surface area contributed by atoms with E-state index in [0.29, 0.717) is 16.8 Å². The summed E-state index contributed by atoms with van der Waals surface area (Å²) in [5, 5.41) is 13.1. The minimum absolute atomic E-state index is 0.0749. The fraction of sp³-hybridized carbons (Fsp3) is 0.250. The third kappa shape index (κ3) is 2.68. The maximum atomic E-state index is 13.0. The lowest BCUT2D eigenvalue weighted by atomic mass is 10.0. The highest BCUT2D eigenvalue weighted by atomic mass is 32.2. The fourth-order valence-electron chi connectivity index (χ4n) is 2.71. The number of aromatic carboxylic acids is 1. The number of aromatic nitrogens is 4. The van der Waals surface area contributed by atoms with Crippen LogP contribution in [0.2, 0.25) is 0 Å². The predicted molar refractivity (Wildman–Crippen MR) is 94.0 cm³/mol. The van der Waals surface area contributed by atoms with Crippen molar-refractivity contribution in [3.63, 3.8) is 0 Å². The Morgan fingerprint density at radius 3 is 2.42 bits per heavy atom. The number of carboxylic acid groups (broad SMARTS) is 1. The van der Waals surface area contributed by atoms with Crippen molar-refractivity contribution in [1.82, 2.24) is 19.6 Å². The van der Waals surface area contributed by atoms with Crippen LogP contribution < -0.4 is 4.31 Å². The Morgan fingerprint density at radius 2 is 1.81 bits per heavy atom. The molecule has 0 atom stereocenters. The summed E-state index contributed by atoms with van der Waals surface area (Å²) in [5.41, 5.74) is 1.65. The van der Waals surface area contributed by atoms with Crippen LogP contribution in [0.1, 0.15) is 27.2 Å². The van der Waals surface area contributed by atoms with Crippen LogP contribution >= 0.6 is 0 Å². The summed E-state index contributed by atoms with van der Waals surface area (Å²) in [6, 6.07) is 4.99. The monoisotopic (exact) mass is 375 g/mol. The summed E-state index contributed by atoms with van der Waals surface area (Å²) in [6.07, 6.45) is 1.51. The van der Waals surface area contributed by atoms with Gasteiger partial charge in [-0.1, -0.05) is 12.1 Å². The highest BCUT2D eigenvalue weighted by molar-refractivity contribution is 7.92. The van der Waals surface area contributed by atoms with Gasteiger partial charge in [0.25, 0.3) is 10.9 Å². The molecule has 3 aromatic rings. The lowest BCUT2D eigenvalue weighted by Gasteiger charge is -2.22. The van der Waals surface area contributed by atoms with E-state index < -0.39 is 21.1 Å². The zero-order valence-corrected chi connectivity index (χ0v) is 15.4. The van der Waals surface area contributed by atoms with Gasteiger partial charge in [0.05, 0.1) is 11.3 Å². The van der Waals surface area contributed by atoms with E-state index in [0.717, 1.165) is 4.31 Å². The first-order valence-electron chi connectivity index (χ1n) is 7.65. The Labute approximate surface area is 150 Å². The number of sulfonamides is 1. The second-order valence-electron chi connectivity index (χ2n) is 5.89. The Hall–Kier alpha value is -3.01. The van der Waals surface area contributed by atoms with E-state index in [4.69, 9.17) is 0 Å². The highest BCUT2D eigenvalue weighted by Gasteiger charge is 2.31. The first kappa shape index (κ1) is 17.8. The van der Waals surface area contributed by atoms with Gasteiger partial charge in [0.1, 0.15) is 0 Å². The van der Waals surface area contributed by atoms with Gasteiger partial charge in [0.2, 0.25) is 0 Å². The van der Waals surface area contributed by atoms with E-state index >= 15 is 0 Å². The van der Waals surface area contributed by atoms with Crippen molar-refractivity contribution >= 4 is 27.5 Å². The number of hydrogen-bond acceptors (Lipinski definition) is 6. The Bertz CT molecular complexity index is 1140. The van der Waals surface area contributed by atoms with Crippen molar-refractivity contribution in [2.45, 2.75) is 25.9 Å². The first-order chi connectivity index (χ1) is 12.1. The van der Waals surface area contributed by atoms with E-state index in [2.05, 4.69) is 15.1 Å². The van der Waals surface area contributed by atoms with Crippen LogP contribution in [0.25, 0.3) is 5.78 Å². The molecule has 0 spiro atoms. The summed E-state index contributed by atoms with van der Waals surface area (Å²) in [6.45, 7) is 5.01. The van der Waals surface area contributed by atoms with Crippen LogP contribution in [0.3, 0.4) is 0 Å². The van der Waals surface area contributed by atoms with E-state index in [1.165, 1.54) is 17.8 Å². The lowest BCUT2D eigenvalue weighted by molar-refractivity contribution is 0.0697. The molecule has 136 valence electrons. The molecule has 3 rings (SSSR count). The molecular formula is C16H17N5O4S.